The van der Waals surface area contributed by atoms with Gasteiger partial charge in [-0.3, -0.25) is 9.59 Å². The normalized spacial score (nSPS) is 12.4. The topological polar surface area (TPSA) is 63.6 Å². The lowest BCUT2D eigenvalue weighted by atomic mass is 9.97. The highest BCUT2D eigenvalue weighted by molar-refractivity contribution is 5.79. The van der Waals surface area contributed by atoms with Crippen LogP contribution in [-0.2, 0) is 14.3 Å². The van der Waals surface area contributed by atoms with Gasteiger partial charge in [0.2, 0.25) is 0 Å². The second kappa shape index (κ2) is 20.4. The summed E-state index contributed by atoms with van der Waals surface area (Å²) in [5.41, 5.74) is 0. The molecular weight excluding hydrogens is 352 g/mol. The average molecular weight is 397 g/mol. The number of hydrogen-bond donors (Lipinski definition) is 1. The highest BCUT2D eigenvalue weighted by Crippen LogP contribution is 2.18. The number of aliphatic carboxylic acids is 1. The van der Waals surface area contributed by atoms with E-state index >= 15 is 0 Å². The summed E-state index contributed by atoms with van der Waals surface area (Å²) in [4.78, 5) is 22.9. The van der Waals surface area contributed by atoms with E-state index in [0.717, 1.165) is 25.7 Å². The van der Waals surface area contributed by atoms with E-state index in [1.165, 1.54) is 64.2 Å². The molecule has 4 heteroatoms. The third-order valence-electron chi connectivity index (χ3n) is 5.02. The summed E-state index contributed by atoms with van der Waals surface area (Å²) in [5.74, 6) is -1.76. The van der Waals surface area contributed by atoms with Gasteiger partial charge in [0.25, 0.3) is 0 Å². The molecule has 0 aliphatic carbocycles. The van der Waals surface area contributed by atoms with E-state index < -0.39 is 11.9 Å². The summed E-state index contributed by atoms with van der Waals surface area (Å²) >= 11 is 0. The van der Waals surface area contributed by atoms with Crippen LogP contribution in [0, 0.1) is 5.92 Å². The van der Waals surface area contributed by atoms with E-state index in [-0.39, 0.29) is 12.4 Å². The third-order valence-corrected chi connectivity index (χ3v) is 5.02. The standard InChI is InChI=1S/C24H44O4/c1-3-5-6-7-8-9-10-11-12-13-14-15-16-17-18-19-22(21-23(25)26)24(27)28-20-4-2/h9-10,22H,3-8,11-21H2,1-2H3,(H,25,26)/b10-9+. The fraction of sp³-hybridized carbons (Fsp3) is 0.833. The average Bonchev–Trinajstić information content (AvgIpc) is 2.67. The summed E-state index contributed by atoms with van der Waals surface area (Å²) in [7, 11) is 0. The lowest BCUT2D eigenvalue weighted by molar-refractivity contribution is -0.153. The van der Waals surface area contributed by atoms with Crippen molar-refractivity contribution in [2.45, 2.75) is 117 Å². The minimum absolute atomic E-state index is 0.116. The lowest BCUT2D eigenvalue weighted by Crippen LogP contribution is -2.21. The van der Waals surface area contributed by atoms with Crippen molar-refractivity contribution in [1.29, 1.82) is 0 Å². The van der Waals surface area contributed by atoms with Gasteiger partial charge in [0.1, 0.15) is 0 Å². The Morgan fingerprint density at radius 1 is 0.786 bits per heavy atom. The number of ether oxygens (including phenoxy) is 1. The molecule has 0 aromatic carbocycles. The van der Waals surface area contributed by atoms with Crippen LogP contribution in [-0.4, -0.2) is 23.7 Å². The molecule has 1 N–H and O–H groups in total. The van der Waals surface area contributed by atoms with E-state index in [0.29, 0.717) is 13.0 Å². The molecule has 0 fully saturated rings. The van der Waals surface area contributed by atoms with Crippen LogP contribution in [0.15, 0.2) is 12.2 Å². The molecule has 0 saturated heterocycles. The van der Waals surface area contributed by atoms with Crippen LogP contribution in [0.3, 0.4) is 0 Å². The predicted molar refractivity (Wildman–Crippen MR) is 116 cm³/mol. The summed E-state index contributed by atoms with van der Waals surface area (Å²) in [5, 5.41) is 8.97. The number of hydrogen-bond acceptors (Lipinski definition) is 3. The molecule has 28 heavy (non-hydrogen) atoms. The maximum absolute atomic E-state index is 11.9. The zero-order valence-corrected chi connectivity index (χ0v) is 18.4. The van der Waals surface area contributed by atoms with Crippen LogP contribution < -0.4 is 0 Å². The number of carboxylic acid groups (broad SMARTS) is 1. The van der Waals surface area contributed by atoms with Gasteiger partial charge in [-0.1, -0.05) is 83.8 Å². The largest absolute Gasteiger partial charge is 0.481 e. The van der Waals surface area contributed by atoms with Crippen molar-refractivity contribution in [3.8, 4) is 0 Å². The van der Waals surface area contributed by atoms with Gasteiger partial charge in [0.15, 0.2) is 0 Å². The van der Waals surface area contributed by atoms with Gasteiger partial charge in [-0.05, 0) is 38.5 Å². The second-order valence-corrected chi connectivity index (χ2v) is 7.84. The molecule has 0 spiro atoms. The number of esters is 1. The van der Waals surface area contributed by atoms with Gasteiger partial charge in [0.05, 0.1) is 18.9 Å². The quantitative estimate of drug-likeness (QED) is 0.136. The summed E-state index contributed by atoms with van der Waals surface area (Å²) in [6.07, 6.45) is 21.9. The minimum Gasteiger partial charge on any atom is -0.481 e. The van der Waals surface area contributed by atoms with Crippen molar-refractivity contribution >= 4 is 11.9 Å². The fourth-order valence-electron chi connectivity index (χ4n) is 3.30. The van der Waals surface area contributed by atoms with E-state index in [9.17, 15) is 9.59 Å². The van der Waals surface area contributed by atoms with E-state index in [1.807, 2.05) is 6.92 Å². The molecule has 0 bridgehead atoms. The number of unbranched alkanes of at least 4 members (excludes halogenated alkanes) is 11. The van der Waals surface area contributed by atoms with Gasteiger partial charge >= 0.3 is 11.9 Å². The molecule has 0 aliphatic rings. The molecular formula is C24H44O4. The van der Waals surface area contributed by atoms with Crippen molar-refractivity contribution in [3.63, 3.8) is 0 Å². The Bertz CT molecular complexity index is 403. The van der Waals surface area contributed by atoms with Crippen molar-refractivity contribution in [3.05, 3.63) is 12.2 Å². The van der Waals surface area contributed by atoms with Crippen LogP contribution in [0.2, 0.25) is 0 Å². The molecule has 0 heterocycles. The molecule has 0 amide bonds. The Morgan fingerprint density at radius 2 is 1.32 bits per heavy atom. The smallest absolute Gasteiger partial charge is 0.309 e. The van der Waals surface area contributed by atoms with E-state index in [1.54, 1.807) is 0 Å². The number of allylic oxidation sites excluding steroid dienone is 2. The van der Waals surface area contributed by atoms with Crippen LogP contribution in [0.1, 0.15) is 117 Å². The molecule has 0 aromatic rings. The van der Waals surface area contributed by atoms with Gasteiger partial charge < -0.3 is 9.84 Å². The van der Waals surface area contributed by atoms with Crippen LogP contribution >= 0.6 is 0 Å². The highest BCUT2D eigenvalue weighted by atomic mass is 16.5. The summed E-state index contributed by atoms with van der Waals surface area (Å²) < 4.78 is 5.12. The van der Waals surface area contributed by atoms with Gasteiger partial charge in [-0.2, -0.15) is 0 Å². The van der Waals surface area contributed by atoms with Crippen LogP contribution in [0.4, 0.5) is 0 Å². The molecule has 0 saturated carbocycles. The van der Waals surface area contributed by atoms with Gasteiger partial charge in [-0.25, -0.2) is 0 Å². The number of carbonyl (C=O) groups excluding carboxylic acids is 1. The fourth-order valence-corrected chi connectivity index (χ4v) is 3.30. The molecule has 0 rings (SSSR count). The monoisotopic (exact) mass is 396 g/mol. The zero-order valence-electron chi connectivity index (χ0n) is 18.4. The molecule has 1 atom stereocenters. The second-order valence-electron chi connectivity index (χ2n) is 7.84. The van der Waals surface area contributed by atoms with E-state index in [4.69, 9.17) is 9.84 Å². The Labute approximate surface area is 173 Å². The maximum atomic E-state index is 11.9. The number of rotatable bonds is 20. The summed E-state index contributed by atoms with van der Waals surface area (Å²) in [6.45, 7) is 4.56. The maximum Gasteiger partial charge on any atom is 0.309 e. The van der Waals surface area contributed by atoms with Crippen molar-refractivity contribution in [2.24, 2.45) is 5.92 Å². The Hall–Kier alpha value is -1.32. The van der Waals surface area contributed by atoms with Crippen LogP contribution in [0.5, 0.6) is 0 Å². The Morgan fingerprint density at radius 3 is 1.86 bits per heavy atom. The van der Waals surface area contributed by atoms with Crippen molar-refractivity contribution in [2.75, 3.05) is 6.61 Å². The SMILES string of the molecule is CCCCCC/C=C/CCCCCCCCCC(CC(=O)O)C(=O)OCCC. The molecule has 1 unspecified atom stereocenters. The van der Waals surface area contributed by atoms with E-state index in [2.05, 4.69) is 19.1 Å². The first kappa shape index (κ1) is 26.7. The van der Waals surface area contributed by atoms with Crippen molar-refractivity contribution < 1.29 is 19.4 Å². The van der Waals surface area contributed by atoms with Crippen molar-refractivity contribution in [1.82, 2.24) is 0 Å². The first-order valence-electron chi connectivity index (χ1n) is 11.6. The summed E-state index contributed by atoms with van der Waals surface area (Å²) in [6, 6.07) is 0. The third kappa shape index (κ3) is 18.1. The number of carbonyl (C=O) groups is 2. The van der Waals surface area contributed by atoms with Crippen LogP contribution in [0.25, 0.3) is 0 Å². The first-order chi connectivity index (χ1) is 13.6. The lowest BCUT2D eigenvalue weighted by Gasteiger charge is -2.13. The Kier molecular flexibility index (Phi) is 19.5. The zero-order chi connectivity index (χ0) is 20.9. The highest BCUT2D eigenvalue weighted by Gasteiger charge is 2.22. The molecule has 164 valence electrons. The molecule has 0 aliphatic heterocycles. The first-order valence-corrected chi connectivity index (χ1v) is 11.6. The van der Waals surface area contributed by atoms with Gasteiger partial charge in [-0.15, -0.1) is 0 Å². The molecule has 0 aromatic heterocycles. The molecule has 0 radical (unpaired) electrons. The predicted octanol–water partition coefficient (Wildman–Crippen LogP) is 7.07. The van der Waals surface area contributed by atoms with Gasteiger partial charge in [0, 0.05) is 0 Å². The minimum atomic E-state index is -0.923. The number of carboxylic acids is 1. The molecule has 4 nitrogen and oxygen atoms in total. The Balaban J connectivity index is 3.58.